The van der Waals surface area contributed by atoms with Gasteiger partial charge in [-0.3, -0.25) is 0 Å². The Morgan fingerprint density at radius 3 is 3.07 bits per heavy atom. The van der Waals surface area contributed by atoms with Crippen LogP contribution in [0.3, 0.4) is 0 Å². The lowest BCUT2D eigenvalue weighted by molar-refractivity contribution is 0.135. The first kappa shape index (κ1) is 10.2. The zero-order valence-corrected chi connectivity index (χ0v) is 8.90. The number of carbonyl (C=O) groups is 1. The van der Waals surface area contributed by atoms with Gasteiger partial charge in [-0.05, 0) is 11.6 Å². The van der Waals surface area contributed by atoms with Gasteiger partial charge in [-0.15, -0.1) is 5.10 Å². The number of fused-ring (bicyclic) bond motifs is 1. The summed E-state index contributed by atoms with van der Waals surface area (Å²) in [4.78, 5) is 12.2. The molecule has 2 heterocycles. The first-order valence-electron chi connectivity index (χ1n) is 4.58. The van der Waals surface area contributed by atoms with Crippen LogP contribution in [0.5, 0.6) is 0 Å². The number of hydrogen-bond donors (Lipinski definition) is 1. The molecule has 1 atom stereocenters. The van der Waals surface area contributed by atoms with Gasteiger partial charge in [0.2, 0.25) is 0 Å². The molecular formula is C9H10ClN3O2. The molecule has 0 radical (unpaired) electrons. The zero-order valence-electron chi connectivity index (χ0n) is 8.14. The second kappa shape index (κ2) is 3.66. The first-order valence-corrected chi connectivity index (χ1v) is 4.95. The van der Waals surface area contributed by atoms with E-state index in [1.54, 1.807) is 6.07 Å². The summed E-state index contributed by atoms with van der Waals surface area (Å²) < 4.78 is 0. The largest absolute Gasteiger partial charge is 0.465 e. The molecule has 0 aromatic carbocycles. The van der Waals surface area contributed by atoms with Gasteiger partial charge in [0.15, 0.2) is 5.15 Å². The molecule has 0 saturated heterocycles. The summed E-state index contributed by atoms with van der Waals surface area (Å²) in [5.74, 6) is 0.0645. The van der Waals surface area contributed by atoms with Crippen molar-refractivity contribution in [3.05, 3.63) is 22.5 Å². The van der Waals surface area contributed by atoms with Crippen LogP contribution in [-0.4, -0.2) is 32.8 Å². The third kappa shape index (κ3) is 1.87. The van der Waals surface area contributed by atoms with Crippen LogP contribution in [0.15, 0.2) is 6.07 Å². The smallest absolute Gasteiger partial charge is 0.407 e. The number of rotatable bonds is 0. The molecule has 6 heteroatoms. The number of nitrogens with zero attached hydrogens (tertiary/aromatic N) is 3. The van der Waals surface area contributed by atoms with Crippen LogP contribution in [0, 0.1) is 0 Å². The van der Waals surface area contributed by atoms with Gasteiger partial charge in [0.05, 0.1) is 12.2 Å². The normalized spacial score (nSPS) is 19.9. The highest BCUT2D eigenvalue weighted by Gasteiger charge is 2.26. The lowest BCUT2D eigenvalue weighted by Gasteiger charge is -2.29. The second-order valence-electron chi connectivity index (χ2n) is 3.64. The molecule has 1 N–H and O–H groups in total. The van der Waals surface area contributed by atoms with Crippen LogP contribution < -0.4 is 0 Å². The van der Waals surface area contributed by atoms with Crippen molar-refractivity contribution >= 4 is 17.7 Å². The fourth-order valence-corrected chi connectivity index (χ4v) is 1.96. The maximum atomic E-state index is 10.9. The first-order chi connectivity index (χ1) is 7.08. The van der Waals surface area contributed by atoms with E-state index in [0.29, 0.717) is 18.2 Å². The van der Waals surface area contributed by atoms with Crippen LogP contribution in [0.1, 0.15) is 24.1 Å². The van der Waals surface area contributed by atoms with Crippen LogP contribution >= 0.6 is 11.6 Å². The number of carboxylic acid groups (broad SMARTS) is 1. The monoisotopic (exact) mass is 227 g/mol. The van der Waals surface area contributed by atoms with Crippen molar-refractivity contribution in [3.8, 4) is 0 Å². The van der Waals surface area contributed by atoms with Gasteiger partial charge in [0.25, 0.3) is 0 Å². The maximum absolute atomic E-state index is 10.9. The molecule has 1 unspecified atom stereocenters. The minimum atomic E-state index is -0.916. The summed E-state index contributed by atoms with van der Waals surface area (Å²) >= 11 is 5.71. The number of halogens is 1. The lowest BCUT2D eigenvalue weighted by atomic mass is 9.98. The van der Waals surface area contributed by atoms with Crippen molar-refractivity contribution < 1.29 is 9.90 Å². The van der Waals surface area contributed by atoms with E-state index in [1.807, 2.05) is 6.92 Å². The molecule has 1 aliphatic heterocycles. The highest BCUT2D eigenvalue weighted by Crippen LogP contribution is 2.26. The Balaban J connectivity index is 2.37. The van der Waals surface area contributed by atoms with Gasteiger partial charge in [0, 0.05) is 12.5 Å². The second-order valence-corrected chi connectivity index (χ2v) is 4.03. The maximum Gasteiger partial charge on any atom is 0.407 e. The summed E-state index contributed by atoms with van der Waals surface area (Å²) in [5.41, 5.74) is 1.69. The third-order valence-corrected chi connectivity index (χ3v) is 2.65. The molecule has 0 saturated carbocycles. The minimum Gasteiger partial charge on any atom is -0.465 e. The average molecular weight is 228 g/mol. The predicted molar refractivity (Wildman–Crippen MR) is 53.9 cm³/mol. The summed E-state index contributed by atoms with van der Waals surface area (Å²) in [7, 11) is 0. The molecular weight excluding hydrogens is 218 g/mol. The molecule has 5 nitrogen and oxygen atoms in total. The number of aromatic nitrogens is 2. The van der Waals surface area contributed by atoms with E-state index in [1.165, 1.54) is 4.90 Å². The number of amides is 1. The molecule has 15 heavy (non-hydrogen) atoms. The number of hydrogen-bond acceptors (Lipinski definition) is 3. The summed E-state index contributed by atoms with van der Waals surface area (Å²) in [6, 6.07) is 1.68. The topological polar surface area (TPSA) is 66.3 Å². The fourth-order valence-electron chi connectivity index (χ4n) is 1.79. The highest BCUT2D eigenvalue weighted by molar-refractivity contribution is 6.29. The molecule has 2 rings (SSSR count). The summed E-state index contributed by atoms with van der Waals surface area (Å²) in [5, 5.41) is 17.0. The highest BCUT2D eigenvalue weighted by atomic mass is 35.5. The Bertz CT molecular complexity index is 410. The standard InChI is InChI=1S/C9H10ClN3O2/c1-5-3-13(9(14)15)4-6-2-7(10)11-12-8(5)6/h2,5H,3-4H2,1H3,(H,14,15). The van der Waals surface area contributed by atoms with Crippen molar-refractivity contribution in [1.82, 2.24) is 15.1 Å². The quantitative estimate of drug-likeness (QED) is 0.733. The van der Waals surface area contributed by atoms with Crippen molar-refractivity contribution in [2.75, 3.05) is 6.54 Å². The van der Waals surface area contributed by atoms with Gasteiger partial charge in [-0.2, -0.15) is 5.10 Å². The lowest BCUT2D eigenvalue weighted by Crippen LogP contribution is -2.37. The van der Waals surface area contributed by atoms with Crippen LogP contribution in [0.25, 0.3) is 0 Å². The van der Waals surface area contributed by atoms with E-state index < -0.39 is 6.09 Å². The van der Waals surface area contributed by atoms with Crippen molar-refractivity contribution in [3.63, 3.8) is 0 Å². The molecule has 1 amide bonds. The summed E-state index contributed by atoms with van der Waals surface area (Å²) in [6.07, 6.45) is -0.916. The predicted octanol–water partition coefficient (Wildman–Crippen LogP) is 1.73. The van der Waals surface area contributed by atoms with Gasteiger partial charge < -0.3 is 10.0 Å². The van der Waals surface area contributed by atoms with Crippen molar-refractivity contribution in [2.24, 2.45) is 0 Å². The Morgan fingerprint density at radius 2 is 2.40 bits per heavy atom. The van der Waals surface area contributed by atoms with Crippen molar-refractivity contribution in [2.45, 2.75) is 19.4 Å². The molecule has 0 spiro atoms. The average Bonchev–Trinajstić information content (AvgIpc) is 2.16. The van der Waals surface area contributed by atoms with E-state index in [2.05, 4.69) is 10.2 Å². The van der Waals surface area contributed by atoms with E-state index >= 15 is 0 Å². The molecule has 0 aliphatic carbocycles. The Morgan fingerprint density at radius 1 is 1.67 bits per heavy atom. The zero-order chi connectivity index (χ0) is 11.0. The van der Waals surface area contributed by atoms with Crippen LogP contribution in [-0.2, 0) is 6.54 Å². The van der Waals surface area contributed by atoms with Crippen LogP contribution in [0.4, 0.5) is 4.79 Å². The van der Waals surface area contributed by atoms with E-state index in [-0.39, 0.29) is 5.92 Å². The van der Waals surface area contributed by atoms with Gasteiger partial charge in [-0.25, -0.2) is 4.79 Å². The summed E-state index contributed by atoms with van der Waals surface area (Å²) in [6.45, 7) is 2.72. The Labute approximate surface area is 91.7 Å². The van der Waals surface area contributed by atoms with E-state index in [9.17, 15) is 4.79 Å². The Kier molecular flexibility index (Phi) is 2.48. The molecule has 0 fully saturated rings. The van der Waals surface area contributed by atoms with Crippen molar-refractivity contribution in [1.29, 1.82) is 0 Å². The fraction of sp³-hybridized carbons (Fsp3) is 0.444. The minimum absolute atomic E-state index is 0.0645. The van der Waals surface area contributed by atoms with Gasteiger partial charge in [-0.1, -0.05) is 18.5 Å². The van der Waals surface area contributed by atoms with E-state index in [0.717, 1.165) is 11.3 Å². The van der Waals surface area contributed by atoms with E-state index in [4.69, 9.17) is 16.7 Å². The third-order valence-electron chi connectivity index (χ3n) is 2.47. The Hall–Kier alpha value is -1.36. The molecule has 0 bridgehead atoms. The van der Waals surface area contributed by atoms with Gasteiger partial charge >= 0.3 is 6.09 Å². The van der Waals surface area contributed by atoms with Crippen LogP contribution in [0.2, 0.25) is 5.15 Å². The SMILES string of the molecule is CC1CN(C(=O)O)Cc2cc(Cl)nnc21. The molecule has 80 valence electrons. The molecule has 1 aromatic heterocycles. The van der Waals surface area contributed by atoms with Gasteiger partial charge in [0.1, 0.15) is 0 Å². The molecule has 1 aliphatic rings. The molecule has 1 aromatic rings.